The van der Waals surface area contributed by atoms with E-state index in [9.17, 15) is 0 Å². The third kappa shape index (κ3) is 3.32. The number of rotatable bonds is 4. The lowest BCUT2D eigenvalue weighted by Gasteiger charge is -2.30. The number of anilines is 1. The van der Waals surface area contributed by atoms with Gasteiger partial charge in [-0.1, -0.05) is 6.92 Å². The summed E-state index contributed by atoms with van der Waals surface area (Å²) in [6, 6.07) is 3.79. The molecule has 2 N–H and O–H groups in total. The van der Waals surface area contributed by atoms with Crippen LogP contribution in [0.1, 0.15) is 25.3 Å². The van der Waals surface area contributed by atoms with Gasteiger partial charge in [0.05, 0.1) is 14.2 Å². The summed E-state index contributed by atoms with van der Waals surface area (Å²) >= 11 is 0. The lowest BCUT2D eigenvalue weighted by Crippen LogP contribution is -2.32. The highest BCUT2D eigenvalue weighted by Gasteiger charge is 2.19. The van der Waals surface area contributed by atoms with E-state index in [4.69, 9.17) is 15.2 Å². The molecule has 106 valence electrons. The summed E-state index contributed by atoms with van der Waals surface area (Å²) in [7, 11) is 3.32. The van der Waals surface area contributed by atoms with Gasteiger partial charge in [-0.15, -0.1) is 0 Å². The predicted octanol–water partition coefficient (Wildman–Crippen LogP) is 2.52. The van der Waals surface area contributed by atoms with Gasteiger partial charge < -0.3 is 15.2 Å². The molecule has 0 bridgehead atoms. The molecular formula is C15H24N2O2. The van der Waals surface area contributed by atoms with E-state index in [-0.39, 0.29) is 0 Å². The van der Waals surface area contributed by atoms with E-state index in [1.54, 1.807) is 20.3 Å². The number of piperidine rings is 1. The summed E-state index contributed by atoms with van der Waals surface area (Å²) in [4.78, 5) is 2.46. The molecule has 19 heavy (non-hydrogen) atoms. The quantitative estimate of drug-likeness (QED) is 0.849. The summed E-state index contributed by atoms with van der Waals surface area (Å²) in [6.45, 7) is 5.47. The molecule has 1 aliphatic rings. The minimum Gasteiger partial charge on any atom is -0.493 e. The number of hydrogen-bond acceptors (Lipinski definition) is 4. The SMILES string of the molecule is COc1cc(N)cc(CN2CCC(C)CC2)c1OC. The largest absolute Gasteiger partial charge is 0.493 e. The zero-order chi connectivity index (χ0) is 13.8. The Kier molecular flexibility index (Phi) is 4.53. The van der Waals surface area contributed by atoms with Crippen LogP contribution in [0.25, 0.3) is 0 Å². The Bertz CT molecular complexity index is 426. The van der Waals surface area contributed by atoms with Crippen molar-refractivity contribution in [3.63, 3.8) is 0 Å². The maximum absolute atomic E-state index is 5.93. The van der Waals surface area contributed by atoms with Crippen LogP contribution in [-0.2, 0) is 6.54 Å². The number of hydrogen-bond donors (Lipinski definition) is 1. The number of ether oxygens (including phenoxy) is 2. The third-order valence-electron chi connectivity index (χ3n) is 3.85. The first-order valence-corrected chi connectivity index (χ1v) is 6.86. The number of methoxy groups -OCH3 is 2. The smallest absolute Gasteiger partial charge is 0.165 e. The molecule has 1 fully saturated rings. The van der Waals surface area contributed by atoms with Crippen molar-refractivity contribution in [2.24, 2.45) is 5.92 Å². The standard InChI is InChI=1S/C15H24N2O2/c1-11-4-6-17(7-5-11)10-12-8-13(16)9-14(18-2)15(12)19-3/h8-9,11H,4-7,10,16H2,1-3H3. The lowest BCUT2D eigenvalue weighted by molar-refractivity contribution is 0.183. The van der Waals surface area contributed by atoms with Crippen LogP contribution in [0.4, 0.5) is 5.69 Å². The van der Waals surface area contributed by atoms with Gasteiger partial charge in [-0.2, -0.15) is 0 Å². The highest BCUT2D eigenvalue weighted by atomic mass is 16.5. The van der Waals surface area contributed by atoms with Crippen molar-refractivity contribution in [3.8, 4) is 11.5 Å². The molecule has 2 rings (SSSR count). The van der Waals surface area contributed by atoms with Crippen molar-refractivity contribution in [2.45, 2.75) is 26.3 Å². The highest BCUT2D eigenvalue weighted by molar-refractivity contribution is 5.57. The van der Waals surface area contributed by atoms with Crippen molar-refractivity contribution in [1.29, 1.82) is 0 Å². The van der Waals surface area contributed by atoms with E-state index in [0.717, 1.165) is 42.6 Å². The van der Waals surface area contributed by atoms with Gasteiger partial charge in [0.1, 0.15) is 0 Å². The molecule has 1 aliphatic heterocycles. The number of benzene rings is 1. The molecule has 0 amide bonds. The topological polar surface area (TPSA) is 47.7 Å². The Morgan fingerprint density at radius 3 is 2.47 bits per heavy atom. The molecule has 1 saturated heterocycles. The highest BCUT2D eigenvalue weighted by Crippen LogP contribution is 2.34. The van der Waals surface area contributed by atoms with E-state index in [2.05, 4.69) is 11.8 Å². The second-order valence-electron chi connectivity index (χ2n) is 5.37. The second-order valence-corrected chi connectivity index (χ2v) is 5.37. The average Bonchev–Trinajstić information content (AvgIpc) is 2.40. The van der Waals surface area contributed by atoms with E-state index in [0.29, 0.717) is 5.75 Å². The van der Waals surface area contributed by atoms with Crippen LogP contribution in [0.2, 0.25) is 0 Å². The van der Waals surface area contributed by atoms with E-state index >= 15 is 0 Å². The Balaban J connectivity index is 2.17. The van der Waals surface area contributed by atoms with Crippen LogP contribution >= 0.6 is 0 Å². The molecule has 1 aromatic carbocycles. The minimum absolute atomic E-state index is 0.711. The Labute approximate surface area is 115 Å². The number of nitrogens with two attached hydrogens (primary N) is 1. The van der Waals surface area contributed by atoms with Gasteiger partial charge in [0, 0.05) is 23.9 Å². The summed E-state index contributed by atoms with van der Waals surface area (Å²) in [5, 5.41) is 0. The first kappa shape index (κ1) is 14.0. The van der Waals surface area contributed by atoms with Crippen LogP contribution in [0, 0.1) is 5.92 Å². The van der Waals surface area contributed by atoms with Crippen molar-refractivity contribution in [3.05, 3.63) is 17.7 Å². The summed E-state index contributed by atoms with van der Waals surface area (Å²) in [6.07, 6.45) is 2.53. The number of nitrogen functional groups attached to an aromatic ring is 1. The van der Waals surface area contributed by atoms with Crippen LogP contribution in [0.5, 0.6) is 11.5 Å². The molecule has 0 radical (unpaired) electrons. The first-order valence-electron chi connectivity index (χ1n) is 6.86. The van der Waals surface area contributed by atoms with Gasteiger partial charge in [-0.3, -0.25) is 4.90 Å². The predicted molar refractivity (Wildman–Crippen MR) is 77.6 cm³/mol. The van der Waals surface area contributed by atoms with Crippen LogP contribution in [-0.4, -0.2) is 32.2 Å². The molecule has 1 aromatic rings. The lowest BCUT2D eigenvalue weighted by atomic mass is 9.98. The van der Waals surface area contributed by atoms with Crippen molar-refractivity contribution in [1.82, 2.24) is 4.90 Å². The molecule has 0 atom stereocenters. The second kappa shape index (κ2) is 6.15. The fourth-order valence-electron chi connectivity index (χ4n) is 2.65. The van der Waals surface area contributed by atoms with Crippen LogP contribution in [0.15, 0.2) is 12.1 Å². The van der Waals surface area contributed by atoms with Crippen molar-refractivity contribution >= 4 is 5.69 Å². The van der Waals surface area contributed by atoms with Gasteiger partial charge in [0.2, 0.25) is 0 Å². The molecule has 0 saturated carbocycles. The zero-order valence-corrected chi connectivity index (χ0v) is 12.1. The van der Waals surface area contributed by atoms with E-state index < -0.39 is 0 Å². The maximum atomic E-state index is 5.93. The number of nitrogens with zero attached hydrogens (tertiary/aromatic N) is 1. The molecule has 0 aliphatic carbocycles. The van der Waals surface area contributed by atoms with Gasteiger partial charge in [0.25, 0.3) is 0 Å². The van der Waals surface area contributed by atoms with Gasteiger partial charge in [0.15, 0.2) is 11.5 Å². The van der Waals surface area contributed by atoms with Gasteiger partial charge >= 0.3 is 0 Å². The summed E-state index contributed by atoms with van der Waals surface area (Å²) in [5.74, 6) is 2.35. The monoisotopic (exact) mass is 264 g/mol. The fraction of sp³-hybridized carbons (Fsp3) is 0.600. The normalized spacial score (nSPS) is 17.4. The molecule has 4 heteroatoms. The zero-order valence-electron chi connectivity index (χ0n) is 12.1. The van der Waals surface area contributed by atoms with Crippen LogP contribution in [0.3, 0.4) is 0 Å². The fourth-order valence-corrected chi connectivity index (χ4v) is 2.65. The summed E-state index contributed by atoms with van der Waals surface area (Å²) < 4.78 is 10.8. The Hall–Kier alpha value is -1.42. The van der Waals surface area contributed by atoms with Crippen molar-refractivity contribution < 1.29 is 9.47 Å². The molecule has 0 unspecified atom stereocenters. The van der Waals surface area contributed by atoms with Crippen molar-refractivity contribution in [2.75, 3.05) is 33.0 Å². The molecule has 1 heterocycles. The van der Waals surface area contributed by atoms with Crippen LogP contribution < -0.4 is 15.2 Å². The molecule has 4 nitrogen and oxygen atoms in total. The number of likely N-dealkylation sites (tertiary alicyclic amines) is 1. The Morgan fingerprint density at radius 2 is 1.89 bits per heavy atom. The van der Waals surface area contributed by atoms with E-state index in [1.165, 1.54) is 12.8 Å². The van der Waals surface area contributed by atoms with E-state index in [1.807, 2.05) is 6.07 Å². The molecule has 0 spiro atoms. The third-order valence-corrected chi connectivity index (χ3v) is 3.85. The molecule has 0 aromatic heterocycles. The van der Waals surface area contributed by atoms with Gasteiger partial charge in [-0.05, 0) is 37.9 Å². The minimum atomic E-state index is 0.711. The average molecular weight is 264 g/mol. The first-order chi connectivity index (χ1) is 9.13. The molecular weight excluding hydrogens is 240 g/mol. The summed E-state index contributed by atoms with van der Waals surface area (Å²) in [5.41, 5.74) is 7.76. The maximum Gasteiger partial charge on any atom is 0.165 e. The Morgan fingerprint density at radius 1 is 1.21 bits per heavy atom. The van der Waals surface area contributed by atoms with Gasteiger partial charge in [-0.25, -0.2) is 0 Å².